The summed E-state index contributed by atoms with van der Waals surface area (Å²) in [4.78, 5) is 17.2. The largest absolute Gasteiger partial charge is 0.357 e. The minimum atomic E-state index is 0.611. The summed E-state index contributed by atoms with van der Waals surface area (Å²) < 4.78 is 0. The van der Waals surface area contributed by atoms with Crippen LogP contribution in [0.1, 0.15) is 35.2 Å². The standard InChI is InChI=1S/C18H26N6S/c1-3-19-18(23-13-17-21-10-14(2)25-17)22-12-15-6-7-16(20-11-15)24-8-4-5-9-24/h6-7,10-11H,3-5,8-9,12-13H2,1-2H3,(H2,19,22,23). The first-order valence-corrected chi connectivity index (χ1v) is 9.69. The van der Waals surface area contributed by atoms with Crippen LogP contribution in [0.5, 0.6) is 0 Å². The van der Waals surface area contributed by atoms with E-state index in [1.165, 1.54) is 17.7 Å². The number of anilines is 1. The van der Waals surface area contributed by atoms with Crippen LogP contribution in [0.4, 0.5) is 5.82 Å². The summed E-state index contributed by atoms with van der Waals surface area (Å²) in [6.07, 6.45) is 6.37. The maximum atomic E-state index is 4.65. The molecule has 1 aliphatic heterocycles. The van der Waals surface area contributed by atoms with E-state index in [-0.39, 0.29) is 0 Å². The Balaban J connectivity index is 1.56. The van der Waals surface area contributed by atoms with Gasteiger partial charge in [0.2, 0.25) is 0 Å². The topological polar surface area (TPSA) is 65.4 Å². The molecule has 1 fully saturated rings. The Kier molecular flexibility index (Phi) is 6.22. The zero-order chi connectivity index (χ0) is 17.5. The van der Waals surface area contributed by atoms with E-state index in [1.807, 2.05) is 12.4 Å². The van der Waals surface area contributed by atoms with Crippen molar-refractivity contribution in [2.24, 2.45) is 4.99 Å². The molecule has 0 amide bonds. The van der Waals surface area contributed by atoms with Crippen LogP contribution in [0, 0.1) is 6.92 Å². The van der Waals surface area contributed by atoms with Crippen LogP contribution in [-0.2, 0) is 13.1 Å². The van der Waals surface area contributed by atoms with Gasteiger partial charge in [0.15, 0.2) is 5.96 Å². The highest BCUT2D eigenvalue weighted by Crippen LogP contribution is 2.17. The molecule has 0 aromatic carbocycles. The molecule has 0 radical (unpaired) electrons. The van der Waals surface area contributed by atoms with Crippen molar-refractivity contribution in [1.29, 1.82) is 0 Å². The van der Waals surface area contributed by atoms with Gasteiger partial charge in [-0.15, -0.1) is 11.3 Å². The number of aryl methyl sites for hydroxylation is 1. The Morgan fingerprint density at radius 3 is 2.68 bits per heavy atom. The zero-order valence-electron chi connectivity index (χ0n) is 15.0. The molecule has 2 aromatic heterocycles. The number of aromatic nitrogens is 2. The third kappa shape index (κ3) is 5.16. The van der Waals surface area contributed by atoms with E-state index in [9.17, 15) is 0 Å². The van der Waals surface area contributed by atoms with Crippen LogP contribution in [0.15, 0.2) is 29.5 Å². The van der Waals surface area contributed by atoms with Gasteiger partial charge in [0, 0.05) is 36.9 Å². The van der Waals surface area contributed by atoms with Crippen molar-refractivity contribution in [2.75, 3.05) is 24.5 Å². The third-order valence-electron chi connectivity index (χ3n) is 4.08. The number of nitrogens with one attached hydrogen (secondary N) is 2. The molecule has 2 aromatic rings. The fourth-order valence-corrected chi connectivity index (χ4v) is 3.52. The lowest BCUT2D eigenvalue weighted by Crippen LogP contribution is -2.36. The Bertz CT molecular complexity index is 688. The number of nitrogens with zero attached hydrogens (tertiary/aromatic N) is 4. The van der Waals surface area contributed by atoms with Crippen molar-refractivity contribution >= 4 is 23.1 Å². The molecule has 3 rings (SSSR count). The van der Waals surface area contributed by atoms with Crippen LogP contribution in [0.3, 0.4) is 0 Å². The van der Waals surface area contributed by atoms with Crippen LogP contribution in [0.25, 0.3) is 0 Å². The number of rotatable bonds is 6. The van der Waals surface area contributed by atoms with E-state index < -0.39 is 0 Å². The lowest BCUT2D eigenvalue weighted by atomic mass is 10.3. The van der Waals surface area contributed by atoms with E-state index in [4.69, 9.17) is 0 Å². The number of hydrogen-bond acceptors (Lipinski definition) is 5. The summed E-state index contributed by atoms with van der Waals surface area (Å²) in [5.41, 5.74) is 1.12. The molecule has 134 valence electrons. The molecule has 1 aliphatic rings. The van der Waals surface area contributed by atoms with Crippen molar-refractivity contribution in [3.63, 3.8) is 0 Å². The predicted molar refractivity (Wildman–Crippen MR) is 104 cm³/mol. The van der Waals surface area contributed by atoms with Gasteiger partial charge in [-0.05, 0) is 38.3 Å². The fraction of sp³-hybridized carbons (Fsp3) is 0.500. The maximum Gasteiger partial charge on any atom is 0.191 e. The Morgan fingerprint density at radius 2 is 2.04 bits per heavy atom. The maximum absolute atomic E-state index is 4.65. The lowest BCUT2D eigenvalue weighted by molar-refractivity contribution is 0.810. The normalized spacial score (nSPS) is 14.8. The van der Waals surface area contributed by atoms with E-state index >= 15 is 0 Å². The van der Waals surface area contributed by atoms with Crippen molar-refractivity contribution in [3.05, 3.63) is 40.0 Å². The average Bonchev–Trinajstić information content (AvgIpc) is 3.30. The second kappa shape index (κ2) is 8.80. The van der Waals surface area contributed by atoms with Gasteiger partial charge >= 0.3 is 0 Å². The highest BCUT2D eigenvalue weighted by molar-refractivity contribution is 7.11. The first-order valence-electron chi connectivity index (χ1n) is 8.88. The van der Waals surface area contributed by atoms with Gasteiger partial charge in [-0.1, -0.05) is 6.07 Å². The highest BCUT2D eigenvalue weighted by Gasteiger charge is 2.12. The minimum Gasteiger partial charge on any atom is -0.357 e. The average molecular weight is 359 g/mol. The van der Waals surface area contributed by atoms with Crippen molar-refractivity contribution in [1.82, 2.24) is 20.6 Å². The summed E-state index contributed by atoms with van der Waals surface area (Å²) in [6.45, 7) is 8.51. The van der Waals surface area contributed by atoms with E-state index in [0.29, 0.717) is 13.1 Å². The molecule has 6 nitrogen and oxygen atoms in total. The minimum absolute atomic E-state index is 0.611. The predicted octanol–water partition coefficient (Wildman–Crippen LogP) is 2.70. The molecule has 0 aliphatic carbocycles. The molecule has 25 heavy (non-hydrogen) atoms. The highest BCUT2D eigenvalue weighted by atomic mass is 32.1. The Morgan fingerprint density at radius 1 is 1.20 bits per heavy atom. The van der Waals surface area contributed by atoms with Gasteiger partial charge in [-0.3, -0.25) is 0 Å². The number of guanidine groups is 1. The number of thiazole rings is 1. The molecule has 2 N–H and O–H groups in total. The summed E-state index contributed by atoms with van der Waals surface area (Å²) in [6, 6.07) is 4.23. The van der Waals surface area contributed by atoms with Crippen molar-refractivity contribution < 1.29 is 0 Å². The molecule has 0 saturated carbocycles. The van der Waals surface area contributed by atoms with Gasteiger partial charge in [0.05, 0.1) is 13.1 Å². The number of aliphatic imine (C=N–C) groups is 1. The van der Waals surface area contributed by atoms with Gasteiger partial charge in [0.1, 0.15) is 10.8 Å². The molecular weight excluding hydrogens is 332 g/mol. The van der Waals surface area contributed by atoms with Gasteiger partial charge in [-0.2, -0.15) is 0 Å². The van der Waals surface area contributed by atoms with Crippen molar-refractivity contribution in [2.45, 2.75) is 39.8 Å². The summed E-state index contributed by atoms with van der Waals surface area (Å²) in [5, 5.41) is 7.68. The number of pyridine rings is 1. The number of hydrogen-bond donors (Lipinski definition) is 2. The van der Waals surface area contributed by atoms with Crippen LogP contribution >= 0.6 is 11.3 Å². The smallest absolute Gasteiger partial charge is 0.191 e. The van der Waals surface area contributed by atoms with E-state index in [2.05, 4.69) is 56.5 Å². The molecule has 0 bridgehead atoms. The lowest BCUT2D eigenvalue weighted by Gasteiger charge is -2.16. The molecular formula is C18H26N6S. The summed E-state index contributed by atoms with van der Waals surface area (Å²) in [5.74, 6) is 1.88. The van der Waals surface area contributed by atoms with E-state index in [0.717, 1.165) is 42.0 Å². The first-order chi connectivity index (χ1) is 12.2. The molecule has 0 spiro atoms. The van der Waals surface area contributed by atoms with Crippen LogP contribution in [0.2, 0.25) is 0 Å². The molecule has 7 heteroatoms. The monoisotopic (exact) mass is 358 g/mol. The summed E-state index contributed by atoms with van der Waals surface area (Å²) >= 11 is 1.70. The van der Waals surface area contributed by atoms with Gasteiger partial charge in [-0.25, -0.2) is 15.0 Å². The Hall–Kier alpha value is -2.15. The zero-order valence-corrected chi connectivity index (χ0v) is 15.8. The Labute approximate surface area is 153 Å². The third-order valence-corrected chi connectivity index (χ3v) is 4.99. The second-order valence-corrected chi connectivity index (χ2v) is 7.45. The fourth-order valence-electron chi connectivity index (χ4n) is 2.80. The first kappa shape index (κ1) is 17.7. The molecule has 3 heterocycles. The quantitative estimate of drug-likeness (QED) is 0.614. The molecule has 0 unspecified atom stereocenters. The van der Waals surface area contributed by atoms with Crippen LogP contribution in [-0.4, -0.2) is 35.6 Å². The van der Waals surface area contributed by atoms with Gasteiger partial charge < -0.3 is 15.5 Å². The molecule has 1 saturated heterocycles. The molecule has 0 atom stereocenters. The van der Waals surface area contributed by atoms with Gasteiger partial charge in [0.25, 0.3) is 0 Å². The van der Waals surface area contributed by atoms with E-state index in [1.54, 1.807) is 11.3 Å². The summed E-state index contributed by atoms with van der Waals surface area (Å²) in [7, 11) is 0. The SMILES string of the molecule is CCNC(=NCc1ccc(N2CCCC2)nc1)NCc1ncc(C)s1. The van der Waals surface area contributed by atoms with Crippen molar-refractivity contribution in [3.8, 4) is 0 Å². The second-order valence-electron chi connectivity index (χ2n) is 6.13. The van der Waals surface area contributed by atoms with Crippen LogP contribution < -0.4 is 15.5 Å².